The highest BCUT2D eigenvalue weighted by Crippen LogP contribution is 2.29. The lowest BCUT2D eigenvalue weighted by atomic mass is 9.93. The van der Waals surface area contributed by atoms with Gasteiger partial charge in [-0.25, -0.2) is 13.2 Å². The van der Waals surface area contributed by atoms with Crippen LogP contribution in [0.5, 0.6) is 0 Å². The lowest BCUT2D eigenvalue weighted by Crippen LogP contribution is -2.41. The molecule has 186 valence electrons. The normalized spacial score (nSPS) is 17.7. The van der Waals surface area contributed by atoms with Crippen molar-refractivity contribution in [2.75, 3.05) is 19.6 Å². The summed E-state index contributed by atoms with van der Waals surface area (Å²) in [4.78, 5) is 27.1. The first-order valence-electron chi connectivity index (χ1n) is 12.2. The molecular formula is C26H31N3O5S. The predicted molar refractivity (Wildman–Crippen MR) is 133 cm³/mol. The van der Waals surface area contributed by atoms with Crippen molar-refractivity contribution in [1.29, 1.82) is 0 Å². The van der Waals surface area contributed by atoms with Crippen molar-refractivity contribution in [1.82, 2.24) is 13.8 Å². The van der Waals surface area contributed by atoms with Gasteiger partial charge < -0.3 is 9.32 Å². The fourth-order valence-electron chi connectivity index (χ4n) is 5.25. The molecule has 0 spiro atoms. The van der Waals surface area contributed by atoms with Crippen LogP contribution < -0.4 is 5.76 Å². The van der Waals surface area contributed by atoms with E-state index in [1.54, 1.807) is 6.07 Å². The Morgan fingerprint density at radius 3 is 2.49 bits per heavy atom. The summed E-state index contributed by atoms with van der Waals surface area (Å²) in [6, 6.07) is 12.8. The summed E-state index contributed by atoms with van der Waals surface area (Å²) in [6.07, 6.45) is 2.63. The second-order valence-electron chi connectivity index (χ2n) is 9.85. The van der Waals surface area contributed by atoms with Gasteiger partial charge >= 0.3 is 5.76 Å². The molecule has 3 heterocycles. The lowest BCUT2D eigenvalue weighted by Gasteiger charge is -2.33. The fraction of sp³-hybridized carbons (Fsp3) is 0.462. The molecule has 2 aliphatic rings. The van der Waals surface area contributed by atoms with Crippen LogP contribution in [-0.4, -0.2) is 47.7 Å². The Morgan fingerprint density at radius 1 is 1.06 bits per heavy atom. The van der Waals surface area contributed by atoms with E-state index >= 15 is 0 Å². The maximum Gasteiger partial charge on any atom is 0.420 e. The van der Waals surface area contributed by atoms with Gasteiger partial charge in [-0.3, -0.25) is 9.36 Å². The Morgan fingerprint density at radius 2 is 1.77 bits per heavy atom. The number of fused-ring (bicyclic) bond motifs is 2. The van der Waals surface area contributed by atoms with Gasteiger partial charge in [0.05, 0.1) is 10.4 Å². The van der Waals surface area contributed by atoms with E-state index in [1.165, 1.54) is 32.1 Å². The number of nitrogens with zero attached hydrogens (tertiary/aromatic N) is 3. The third-order valence-corrected chi connectivity index (χ3v) is 9.15. The van der Waals surface area contributed by atoms with E-state index in [-0.39, 0.29) is 28.3 Å². The molecule has 9 heteroatoms. The van der Waals surface area contributed by atoms with Crippen LogP contribution in [0.15, 0.2) is 56.6 Å². The molecule has 5 rings (SSSR count). The molecule has 35 heavy (non-hydrogen) atoms. The van der Waals surface area contributed by atoms with Gasteiger partial charge in [0.25, 0.3) is 0 Å². The van der Waals surface area contributed by atoms with Crippen LogP contribution in [0.3, 0.4) is 0 Å². The highest BCUT2D eigenvalue weighted by Gasteiger charge is 2.32. The van der Waals surface area contributed by atoms with Crippen LogP contribution in [0, 0.1) is 5.92 Å². The van der Waals surface area contributed by atoms with Crippen molar-refractivity contribution in [2.24, 2.45) is 5.92 Å². The number of amides is 1. The van der Waals surface area contributed by atoms with Crippen LogP contribution >= 0.6 is 0 Å². The minimum absolute atomic E-state index is 0.0902. The van der Waals surface area contributed by atoms with Gasteiger partial charge in [-0.1, -0.05) is 24.3 Å². The van der Waals surface area contributed by atoms with Crippen LogP contribution in [0.25, 0.3) is 11.1 Å². The number of aromatic nitrogens is 1. The molecule has 1 amide bonds. The maximum atomic E-state index is 13.3. The van der Waals surface area contributed by atoms with E-state index in [0.717, 1.165) is 13.0 Å². The minimum atomic E-state index is -3.72. The second-order valence-corrected chi connectivity index (χ2v) is 11.8. The summed E-state index contributed by atoms with van der Waals surface area (Å²) in [5, 5.41) is 0. The number of oxazole rings is 1. The van der Waals surface area contributed by atoms with Crippen molar-refractivity contribution in [2.45, 2.75) is 57.0 Å². The first-order valence-corrected chi connectivity index (χ1v) is 13.7. The zero-order chi connectivity index (χ0) is 24.7. The molecule has 0 bridgehead atoms. The van der Waals surface area contributed by atoms with Crippen LogP contribution in [-0.2, 0) is 27.8 Å². The third kappa shape index (κ3) is 4.54. The fourth-order valence-corrected chi connectivity index (χ4v) is 6.74. The average molecular weight is 498 g/mol. The summed E-state index contributed by atoms with van der Waals surface area (Å²) < 4.78 is 34.8. The van der Waals surface area contributed by atoms with Crippen molar-refractivity contribution >= 4 is 27.0 Å². The van der Waals surface area contributed by atoms with Crippen molar-refractivity contribution in [3.05, 3.63) is 64.1 Å². The molecule has 0 unspecified atom stereocenters. The van der Waals surface area contributed by atoms with Crippen LogP contribution in [0.4, 0.5) is 0 Å². The maximum absolute atomic E-state index is 13.3. The summed E-state index contributed by atoms with van der Waals surface area (Å²) in [6.45, 7) is 5.88. The van der Waals surface area contributed by atoms with Gasteiger partial charge in [0, 0.05) is 44.7 Å². The van der Waals surface area contributed by atoms with Gasteiger partial charge in [-0.2, -0.15) is 4.31 Å². The number of piperidine rings is 1. The zero-order valence-electron chi connectivity index (χ0n) is 20.1. The summed E-state index contributed by atoms with van der Waals surface area (Å²) >= 11 is 0. The van der Waals surface area contributed by atoms with Crippen LogP contribution in [0.1, 0.15) is 50.3 Å². The number of carbonyl (C=O) groups excluding carboxylic acids is 1. The molecule has 0 N–H and O–H groups in total. The van der Waals surface area contributed by atoms with Crippen molar-refractivity contribution in [3.63, 3.8) is 0 Å². The largest absolute Gasteiger partial charge is 0.420 e. The number of hydrogen-bond acceptors (Lipinski definition) is 5. The topological polar surface area (TPSA) is 92.8 Å². The average Bonchev–Trinajstić information content (AvgIpc) is 3.19. The predicted octanol–water partition coefficient (Wildman–Crippen LogP) is 3.55. The molecular weight excluding hydrogens is 466 g/mol. The quantitative estimate of drug-likeness (QED) is 0.538. The van der Waals surface area contributed by atoms with Gasteiger partial charge in [0.15, 0.2) is 5.58 Å². The Bertz CT molecular complexity index is 1410. The molecule has 0 radical (unpaired) electrons. The first kappa shape index (κ1) is 23.8. The van der Waals surface area contributed by atoms with Crippen molar-refractivity contribution in [3.8, 4) is 0 Å². The second kappa shape index (κ2) is 9.28. The van der Waals surface area contributed by atoms with Gasteiger partial charge in [0.2, 0.25) is 15.9 Å². The van der Waals surface area contributed by atoms with E-state index in [2.05, 4.69) is 12.1 Å². The smallest absolute Gasteiger partial charge is 0.408 e. The highest BCUT2D eigenvalue weighted by atomic mass is 32.2. The van der Waals surface area contributed by atoms with E-state index < -0.39 is 15.8 Å². The SMILES string of the molecule is CC(C)n1c(=O)oc2cc(S(=O)(=O)N3CCC(CC(=O)N4CCc5ccccc5C4)CC3)ccc21. The Hall–Kier alpha value is -2.91. The molecule has 2 aliphatic heterocycles. The van der Waals surface area contributed by atoms with E-state index in [9.17, 15) is 18.0 Å². The van der Waals surface area contributed by atoms with E-state index in [1.807, 2.05) is 30.9 Å². The van der Waals surface area contributed by atoms with Crippen molar-refractivity contribution < 1.29 is 17.6 Å². The molecule has 1 saturated heterocycles. The van der Waals surface area contributed by atoms with Gasteiger partial charge in [0.1, 0.15) is 0 Å². The molecule has 8 nitrogen and oxygen atoms in total. The Kier molecular flexibility index (Phi) is 6.31. The molecule has 0 saturated carbocycles. The first-order chi connectivity index (χ1) is 16.7. The third-order valence-electron chi connectivity index (χ3n) is 7.26. The van der Waals surface area contributed by atoms with Gasteiger partial charge in [-0.15, -0.1) is 0 Å². The lowest BCUT2D eigenvalue weighted by molar-refractivity contribution is -0.133. The molecule has 1 aromatic heterocycles. The summed E-state index contributed by atoms with van der Waals surface area (Å²) in [5.41, 5.74) is 3.38. The molecule has 0 atom stereocenters. The molecule has 2 aromatic carbocycles. The summed E-state index contributed by atoms with van der Waals surface area (Å²) in [7, 11) is -3.72. The van der Waals surface area contributed by atoms with Crippen LogP contribution in [0.2, 0.25) is 0 Å². The zero-order valence-corrected chi connectivity index (χ0v) is 21.0. The van der Waals surface area contributed by atoms with E-state index in [0.29, 0.717) is 44.4 Å². The number of benzene rings is 2. The monoisotopic (exact) mass is 497 g/mol. The number of carbonyl (C=O) groups is 1. The number of rotatable bonds is 5. The highest BCUT2D eigenvalue weighted by molar-refractivity contribution is 7.89. The molecule has 0 aliphatic carbocycles. The Labute approximate surface area is 205 Å². The Balaban J connectivity index is 1.22. The molecule has 3 aromatic rings. The number of sulfonamides is 1. The minimum Gasteiger partial charge on any atom is -0.408 e. The van der Waals surface area contributed by atoms with E-state index in [4.69, 9.17) is 4.42 Å². The van der Waals surface area contributed by atoms with Gasteiger partial charge in [-0.05, 0) is 62.3 Å². The molecule has 1 fully saturated rings. The standard InChI is InChI=1S/C26H31N3O5S/c1-18(2)29-23-8-7-22(16-24(23)34-26(29)31)35(32,33)28-13-9-19(10-14-28)15-25(30)27-12-11-20-5-3-4-6-21(20)17-27/h3-8,16,18-19H,9-15,17H2,1-2H3. The number of hydrogen-bond donors (Lipinski definition) is 0. The summed E-state index contributed by atoms with van der Waals surface area (Å²) in [5.74, 6) is -0.171.